The van der Waals surface area contributed by atoms with Gasteiger partial charge in [0.05, 0.1) is 17.0 Å². The quantitative estimate of drug-likeness (QED) is 0.731. The van der Waals surface area contributed by atoms with Gasteiger partial charge < -0.3 is 9.64 Å². The largest absolute Gasteiger partial charge is 0.459 e. The maximum atomic E-state index is 13.7. The normalized spacial score (nSPS) is 34.8. The van der Waals surface area contributed by atoms with Crippen molar-refractivity contribution >= 4 is 11.9 Å². The Morgan fingerprint density at radius 2 is 1.83 bits per heavy atom. The van der Waals surface area contributed by atoms with Crippen molar-refractivity contribution in [1.82, 2.24) is 4.90 Å². The molecule has 29 heavy (non-hydrogen) atoms. The van der Waals surface area contributed by atoms with Crippen molar-refractivity contribution in [2.24, 2.45) is 23.2 Å². The van der Waals surface area contributed by atoms with Crippen LogP contribution in [-0.4, -0.2) is 29.4 Å². The molecule has 1 aromatic rings. The van der Waals surface area contributed by atoms with Gasteiger partial charge in [-0.15, -0.1) is 0 Å². The molecule has 0 N–H and O–H groups in total. The van der Waals surface area contributed by atoms with Gasteiger partial charge in [-0.3, -0.25) is 4.79 Å². The van der Waals surface area contributed by atoms with Gasteiger partial charge in [-0.2, -0.15) is 5.26 Å². The van der Waals surface area contributed by atoms with Crippen molar-refractivity contribution < 1.29 is 14.3 Å². The van der Waals surface area contributed by atoms with Gasteiger partial charge in [0.15, 0.2) is 0 Å². The highest BCUT2D eigenvalue weighted by Gasteiger charge is 2.56. The highest BCUT2D eigenvalue weighted by molar-refractivity contribution is 5.89. The molecule has 5 nitrogen and oxygen atoms in total. The zero-order valence-corrected chi connectivity index (χ0v) is 16.8. The van der Waals surface area contributed by atoms with Crippen molar-refractivity contribution in [3.05, 3.63) is 35.4 Å². The average molecular weight is 392 g/mol. The fourth-order valence-electron chi connectivity index (χ4n) is 6.91. The number of carbonyl (C=O) groups excluding carboxylic acids is 2. The molecular weight excluding hydrogens is 364 g/mol. The first-order valence-corrected chi connectivity index (χ1v) is 11.0. The molecule has 1 heterocycles. The van der Waals surface area contributed by atoms with Crippen LogP contribution in [0.4, 0.5) is 0 Å². The Kier molecular flexibility index (Phi) is 4.61. The second-order valence-corrected chi connectivity index (χ2v) is 9.77. The third-order valence-electron chi connectivity index (χ3n) is 7.71. The minimum Gasteiger partial charge on any atom is -0.459 e. The Morgan fingerprint density at radius 1 is 1.14 bits per heavy atom. The predicted molar refractivity (Wildman–Crippen MR) is 106 cm³/mol. The molecule has 0 aromatic heterocycles. The molecule has 0 radical (unpaired) electrons. The van der Waals surface area contributed by atoms with Crippen molar-refractivity contribution in [3.63, 3.8) is 0 Å². The van der Waals surface area contributed by atoms with E-state index in [1.54, 1.807) is 18.2 Å². The molecule has 4 saturated carbocycles. The number of benzene rings is 1. The standard InChI is InChI=1S/C24H28N2O3/c25-14-16-3-1-4-17(7-16)15-29-22(27)21-5-2-6-26(21)23(28)24-11-18-8-19(12-24)10-20(9-18)13-24/h1,3-4,7,18-21H,2,5-6,8-13,15H2. The average Bonchev–Trinajstić information content (AvgIpc) is 3.20. The Balaban J connectivity index is 1.27. The summed E-state index contributed by atoms with van der Waals surface area (Å²) in [4.78, 5) is 28.3. The molecule has 4 aliphatic carbocycles. The number of hydrogen-bond donors (Lipinski definition) is 0. The summed E-state index contributed by atoms with van der Waals surface area (Å²) >= 11 is 0. The van der Waals surface area contributed by atoms with E-state index in [1.807, 2.05) is 11.0 Å². The van der Waals surface area contributed by atoms with Crippen LogP contribution >= 0.6 is 0 Å². The molecule has 152 valence electrons. The lowest BCUT2D eigenvalue weighted by Crippen LogP contribution is -2.56. The molecule has 5 fully saturated rings. The van der Waals surface area contributed by atoms with Crippen LogP contribution in [0.2, 0.25) is 0 Å². The molecule has 1 unspecified atom stereocenters. The van der Waals surface area contributed by atoms with Crippen molar-refractivity contribution in [3.8, 4) is 6.07 Å². The van der Waals surface area contributed by atoms with Crippen molar-refractivity contribution in [2.45, 2.75) is 64.0 Å². The molecule has 5 heteroatoms. The van der Waals surface area contributed by atoms with Crippen molar-refractivity contribution in [1.29, 1.82) is 5.26 Å². The zero-order valence-electron chi connectivity index (χ0n) is 16.8. The predicted octanol–water partition coefficient (Wildman–Crippen LogP) is 3.81. The number of rotatable bonds is 4. The number of likely N-dealkylation sites (tertiary alicyclic amines) is 1. The Hall–Kier alpha value is -2.35. The maximum absolute atomic E-state index is 13.7. The third-order valence-corrected chi connectivity index (χ3v) is 7.71. The number of hydrogen-bond acceptors (Lipinski definition) is 4. The van der Waals surface area contributed by atoms with Crippen LogP contribution in [0.3, 0.4) is 0 Å². The lowest BCUT2D eigenvalue weighted by Gasteiger charge is -2.56. The number of carbonyl (C=O) groups is 2. The molecule has 1 atom stereocenters. The fraction of sp³-hybridized carbons (Fsp3) is 0.625. The van der Waals surface area contributed by atoms with E-state index < -0.39 is 6.04 Å². The van der Waals surface area contributed by atoms with Gasteiger partial charge in [0, 0.05) is 6.54 Å². The van der Waals surface area contributed by atoms with Gasteiger partial charge in [0.25, 0.3) is 0 Å². The Morgan fingerprint density at radius 3 is 2.48 bits per heavy atom. The van der Waals surface area contributed by atoms with Gasteiger partial charge in [0.2, 0.25) is 5.91 Å². The van der Waals surface area contributed by atoms with Crippen LogP contribution in [0.15, 0.2) is 24.3 Å². The molecule has 0 spiro atoms. The number of esters is 1. The summed E-state index contributed by atoms with van der Waals surface area (Å²) in [5.74, 6) is 2.06. The lowest BCUT2D eigenvalue weighted by molar-refractivity contribution is -0.166. The molecule has 6 rings (SSSR count). The first-order chi connectivity index (χ1) is 14.1. The lowest BCUT2D eigenvalue weighted by atomic mass is 9.49. The highest BCUT2D eigenvalue weighted by Crippen LogP contribution is 2.60. The smallest absolute Gasteiger partial charge is 0.329 e. The van der Waals surface area contributed by atoms with E-state index in [9.17, 15) is 9.59 Å². The van der Waals surface area contributed by atoms with E-state index in [4.69, 9.17) is 10.00 Å². The second kappa shape index (κ2) is 7.16. The topological polar surface area (TPSA) is 70.4 Å². The zero-order chi connectivity index (χ0) is 20.0. The molecule has 1 amide bonds. The summed E-state index contributed by atoms with van der Waals surface area (Å²) in [5.41, 5.74) is 1.14. The summed E-state index contributed by atoms with van der Waals surface area (Å²) in [7, 11) is 0. The van der Waals surface area contributed by atoms with E-state index in [-0.39, 0.29) is 23.9 Å². The second-order valence-electron chi connectivity index (χ2n) is 9.77. The van der Waals surface area contributed by atoms with Crippen LogP contribution in [0.25, 0.3) is 0 Å². The van der Waals surface area contributed by atoms with Gasteiger partial charge in [0.1, 0.15) is 12.6 Å². The number of ether oxygens (including phenoxy) is 1. The summed E-state index contributed by atoms with van der Waals surface area (Å²) < 4.78 is 5.57. The van der Waals surface area contributed by atoms with Gasteiger partial charge in [-0.1, -0.05) is 12.1 Å². The van der Waals surface area contributed by atoms with Gasteiger partial charge in [-0.25, -0.2) is 4.79 Å². The van der Waals surface area contributed by atoms with Crippen molar-refractivity contribution in [2.75, 3.05) is 6.54 Å². The van der Waals surface area contributed by atoms with Crippen LogP contribution in [0.1, 0.15) is 62.5 Å². The maximum Gasteiger partial charge on any atom is 0.329 e. The number of nitriles is 1. The van der Waals surface area contributed by atoms with Gasteiger partial charge in [-0.05, 0) is 86.8 Å². The highest BCUT2D eigenvalue weighted by atomic mass is 16.5. The van der Waals surface area contributed by atoms with E-state index >= 15 is 0 Å². The Bertz CT molecular complexity index is 836. The molecule has 5 aliphatic rings. The SMILES string of the molecule is N#Cc1cccc(COC(=O)C2CCCN2C(=O)C23CC4CC(CC(C4)C2)C3)c1. The first-order valence-electron chi connectivity index (χ1n) is 11.0. The van der Waals surface area contributed by atoms with Crippen LogP contribution < -0.4 is 0 Å². The van der Waals surface area contributed by atoms with Crippen LogP contribution in [0.5, 0.6) is 0 Å². The van der Waals surface area contributed by atoms with E-state index in [1.165, 1.54) is 19.3 Å². The van der Waals surface area contributed by atoms with E-state index in [0.717, 1.165) is 31.2 Å². The van der Waals surface area contributed by atoms with Gasteiger partial charge >= 0.3 is 5.97 Å². The van der Waals surface area contributed by atoms with Crippen LogP contribution in [-0.2, 0) is 20.9 Å². The summed E-state index contributed by atoms with van der Waals surface area (Å²) in [6, 6.07) is 8.76. The Labute approximate surface area is 172 Å². The summed E-state index contributed by atoms with van der Waals surface area (Å²) in [6.45, 7) is 0.814. The molecule has 1 saturated heterocycles. The molecule has 1 aromatic carbocycles. The molecule has 4 bridgehead atoms. The summed E-state index contributed by atoms with van der Waals surface area (Å²) in [6.07, 6.45) is 8.54. The number of amides is 1. The fourth-order valence-corrected chi connectivity index (χ4v) is 6.91. The minimum absolute atomic E-state index is 0.143. The molecule has 1 aliphatic heterocycles. The minimum atomic E-state index is -0.449. The summed E-state index contributed by atoms with van der Waals surface area (Å²) in [5, 5.41) is 9.02. The number of nitrogens with zero attached hydrogens (tertiary/aromatic N) is 2. The van der Waals surface area contributed by atoms with E-state index in [2.05, 4.69) is 6.07 Å². The third kappa shape index (κ3) is 3.33. The van der Waals surface area contributed by atoms with Crippen LogP contribution in [0, 0.1) is 34.5 Å². The monoisotopic (exact) mass is 392 g/mol. The van der Waals surface area contributed by atoms with E-state index in [0.29, 0.717) is 36.3 Å². The first kappa shape index (κ1) is 18.7. The molecular formula is C24H28N2O3.